The highest BCUT2D eigenvalue weighted by Crippen LogP contribution is 2.25. The van der Waals surface area contributed by atoms with Gasteiger partial charge in [-0.3, -0.25) is 14.8 Å². The molecule has 1 atom stereocenters. The lowest BCUT2D eigenvalue weighted by molar-refractivity contribution is -0.158. The summed E-state index contributed by atoms with van der Waals surface area (Å²) in [4.78, 5) is 22.9. The van der Waals surface area contributed by atoms with Gasteiger partial charge >= 0.3 is 0 Å². The molecule has 0 unspecified atom stereocenters. The molecule has 0 aromatic carbocycles. The van der Waals surface area contributed by atoms with Crippen molar-refractivity contribution < 1.29 is 9.90 Å². The number of hydrogen-bond acceptors (Lipinski definition) is 5. The van der Waals surface area contributed by atoms with E-state index in [1.807, 2.05) is 6.92 Å². The molecular weight excluding hydrogens is 292 g/mol. The van der Waals surface area contributed by atoms with Crippen molar-refractivity contribution in [2.24, 2.45) is 5.41 Å². The van der Waals surface area contributed by atoms with E-state index in [0.29, 0.717) is 19.5 Å². The first-order chi connectivity index (χ1) is 10.7. The maximum Gasteiger partial charge on any atom is 0.255 e. The number of nitrogens with one attached hydrogen (secondary N) is 1. The predicted molar refractivity (Wildman–Crippen MR) is 88.7 cm³/mol. The fourth-order valence-electron chi connectivity index (χ4n) is 2.86. The number of carbonyl (C=O) groups excluding carboxylic acids is 1. The zero-order chi connectivity index (χ0) is 17.1. The van der Waals surface area contributed by atoms with Crippen LogP contribution in [0.5, 0.6) is 0 Å². The molecule has 1 amide bonds. The Balaban J connectivity index is 1.92. The number of aryl methyl sites for hydroxylation is 1. The van der Waals surface area contributed by atoms with Crippen molar-refractivity contribution >= 4 is 5.91 Å². The molecule has 6 nitrogen and oxygen atoms in total. The van der Waals surface area contributed by atoms with Gasteiger partial charge in [0.15, 0.2) is 5.60 Å². The Labute approximate surface area is 138 Å². The van der Waals surface area contributed by atoms with E-state index in [0.717, 1.165) is 24.4 Å². The summed E-state index contributed by atoms with van der Waals surface area (Å²) >= 11 is 0. The van der Waals surface area contributed by atoms with Crippen LogP contribution >= 0.6 is 0 Å². The highest BCUT2D eigenvalue weighted by Gasteiger charge is 2.42. The van der Waals surface area contributed by atoms with Gasteiger partial charge in [0.1, 0.15) is 0 Å². The fourth-order valence-corrected chi connectivity index (χ4v) is 2.86. The summed E-state index contributed by atoms with van der Waals surface area (Å²) in [5, 5.41) is 13.9. The molecule has 1 aliphatic heterocycles. The van der Waals surface area contributed by atoms with Crippen molar-refractivity contribution in [2.45, 2.75) is 52.7 Å². The van der Waals surface area contributed by atoms with Gasteiger partial charge in [-0.2, -0.15) is 0 Å². The van der Waals surface area contributed by atoms with Crippen LogP contribution in [0.15, 0.2) is 12.4 Å². The SMILES string of the molecule is Cc1cnc(CNC[C@]2(O)CCCN(CC(C)(C)C)C2=O)cn1. The molecule has 0 saturated carbocycles. The molecule has 2 N–H and O–H groups in total. The number of rotatable bonds is 5. The van der Waals surface area contributed by atoms with Crippen LogP contribution in [-0.4, -0.2) is 51.1 Å². The topological polar surface area (TPSA) is 78.4 Å². The summed E-state index contributed by atoms with van der Waals surface area (Å²) < 4.78 is 0. The molecule has 0 bridgehead atoms. The van der Waals surface area contributed by atoms with Crippen LogP contribution in [-0.2, 0) is 11.3 Å². The van der Waals surface area contributed by atoms with Gasteiger partial charge in [0, 0.05) is 38.6 Å². The van der Waals surface area contributed by atoms with Crippen LogP contribution in [0.1, 0.15) is 45.0 Å². The fraction of sp³-hybridized carbons (Fsp3) is 0.706. The number of aromatic nitrogens is 2. The summed E-state index contributed by atoms with van der Waals surface area (Å²) in [6.45, 7) is 10.3. The second-order valence-corrected chi connectivity index (χ2v) is 7.68. The third-order valence-electron chi connectivity index (χ3n) is 3.93. The Morgan fingerprint density at radius 2 is 2.09 bits per heavy atom. The Bertz CT molecular complexity index is 539. The van der Waals surface area contributed by atoms with Gasteiger partial charge in [-0.15, -0.1) is 0 Å². The largest absolute Gasteiger partial charge is 0.379 e. The van der Waals surface area contributed by atoms with Crippen molar-refractivity contribution in [3.63, 3.8) is 0 Å². The quantitative estimate of drug-likeness (QED) is 0.854. The normalized spacial score (nSPS) is 22.5. The van der Waals surface area contributed by atoms with E-state index in [1.54, 1.807) is 17.3 Å². The highest BCUT2D eigenvalue weighted by molar-refractivity contribution is 5.86. The molecule has 1 aliphatic rings. The predicted octanol–water partition coefficient (Wildman–Crippen LogP) is 1.27. The monoisotopic (exact) mass is 320 g/mol. The second kappa shape index (κ2) is 6.93. The van der Waals surface area contributed by atoms with Crippen molar-refractivity contribution in [1.82, 2.24) is 20.2 Å². The molecule has 0 spiro atoms. The van der Waals surface area contributed by atoms with E-state index in [2.05, 4.69) is 36.1 Å². The Kier molecular flexibility index (Phi) is 5.37. The zero-order valence-corrected chi connectivity index (χ0v) is 14.6. The number of likely N-dealkylation sites (tertiary alicyclic amines) is 1. The standard InChI is InChI=1S/C17H28N4O2/c1-13-8-20-14(10-19-13)9-18-11-17(23)6-5-7-21(15(17)22)12-16(2,3)4/h8,10,18,23H,5-7,9,11-12H2,1-4H3/t17-/m1/s1. The Morgan fingerprint density at radius 3 is 2.70 bits per heavy atom. The van der Waals surface area contributed by atoms with Crippen LogP contribution in [0.3, 0.4) is 0 Å². The minimum absolute atomic E-state index is 0.0266. The van der Waals surface area contributed by atoms with Crippen LogP contribution in [0.25, 0.3) is 0 Å². The number of nitrogens with zero attached hydrogens (tertiary/aromatic N) is 3. The Morgan fingerprint density at radius 1 is 1.35 bits per heavy atom. The molecule has 1 aromatic heterocycles. The van der Waals surface area contributed by atoms with Gasteiger partial charge in [0.2, 0.25) is 0 Å². The number of aliphatic hydroxyl groups is 1. The molecule has 2 rings (SSSR count). The number of amides is 1. The van der Waals surface area contributed by atoms with Crippen molar-refractivity contribution in [1.29, 1.82) is 0 Å². The molecule has 0 aliphatic carbocycles. The van der Waals surface area contributed by atoms with Gasteiger partial charge in [-0.25, -0.2) is 0 Å². The average molecular weight is 320 g/mol. The number of piperidine rings is 1. The van der Waals surface area contributed by atoms with Gasteiger partial charge in [0.05, 0.1) is 11.4 Å². The van der Waals surface area contributed by atoms with Crippen LogP contribution in [0.2, 0.25) is 0 Å². The molecule has 1 saturated heterocycles. The smallest absolute Gasteiger partial charge is 0.255 e. The molecule has 23 heavy (non-hydrogen) atoms. The summed E-state index contributed by atoms with van der Waals surface area (Å²) in [6, 6.07) is 0. The zero-order valence-electron chi connectivity index (χ0n) is 14.6. The molecule has 6 heteroatoms. The third kappa shape index (κ3) is 4.97. The Hall–Kier alpha value is -1.53. The highest BCUT2D eigenvalue weighted by atomic mass is 16.3. The molecule has 0 radical (unpaired) electrons. The van der Waals surface area contributed by atoms with Crippen LogP contribution < -0.4 is 5.32 Å². The number of carbonyl (C=O) groups is 1. The first kappa shape index (κ1) is 17.8. The summed E-state index contributed by atoms with van der Waals surface area (Å²) in [5.74, 6) is -0.166. The maximum absolute atomic E-state index is 12.6. The lowest BCUT2D eigenvalue weighted by Gasteiger charge is -2.40. The van der Waals surface area contributed by atoms with Crippen LogP contribution in [0, 0.1) is 12.3 Å². The first-order valence-corrected chi connectivity index (χ1v) is 8.20. The van der Waals surface area contributed by atoms with Crippen LogP contribution in [0.4, 0.5) is 0 Å². The molecule has 2 heterocycles. The first-order valence-electron chi connectivity index (χ1n) is 8.20. The van der Waals surface area contributed by atoms with E-state index in [4.69, 9.17) is 0 Å². The molecule has 1 fully saturated rings. The van der Waals surface area contributed by atoms with Gasteiger partial charge in [-0.05, 0) is 25.2 Å². The van der Waals surface area contributed by atoms with E-state index in [-0.39, 0.29) is 17.9 Å². The minimum Gasteiger partial charge on any atom is -0.379 e. The van der Waals surface area contributed by atoms with Crippen molar-refractivity contribution in [2.75, 3.05) is 19.6 Å². The molecule has 128 valence electrons. The summed E-state index contributed by atoms with van der Waals surface area (Å²) in [6.07, 6.45) is 4.74. The molecular formula is C17H28N4O2. The average Bonchev–Trinajstić information content (AvgIpc) is 2.45. The van der Waals surface area contributed by atoms with Crippen molar-refractivity contribution in [3.8, 4) is 0 Å². The van der Waals surface area contributed by atoms with E-state index in [9.17, 15) is 9.90 Å². The minimum atomic E-state index is -1.32. The second-order valence-electron chi connectivity index (χ2n) is 7.68. The van der Waals surface area contributed by atoms with Crippen molar-refractivity contribution in [3.05, 3.63) is 23.8 Å². The van der Waals surface area contributed by atoms with Gasteiger partial charge in [-0.1, -0.05) is 20.8 Å². The van der Waals surface area contributed by atoms with E-state index >= 15 is 0 Å². The third-order valence-corrected chi connectivity index (χ3v) is 3.93. The lowest BCUT2D eigenvalue weighted by atomic mass is 9.88. The van der Waals surface area contributed by atoms with Gasteiger partial charge < -0.3 is 15.3 Å². The van der Waals surface area contributed by atoms with Gasteiger partial charge in [0.25, 0.3) is 5.91 Å². The maximum atomic E-state index is 12.6. The lowest BCUT2D eigenvalue weighted by Crippen LogP contribution is -2.59. The number of hydrogen-bond donors (Lipinski definition) is 2. The summed E-state index contributed by atoms with van der Waals surface area (Å²) in [7, 11) is 0. The van der Waals surface area contributed by atoms with E-state index < -0.39 is 5.60 Å². The molecule has 1 aromatic rings. The van der Waals surface area contributed by atoms with E-state index in [1.165, 1.54) is 0 Å². The summed E-state index contributed by atoms with van der Waals surface area (Å²) in [5.41, 5.74) is 0.377.